The van der Waals surface area contributed by atoms with E-state index in [9.17, 15) is 13.2 Å². The SMILES string of the molecule is CCOC(=O)c1ccc(S(=O)(=O)N2CCN(C[C@H]3CCCCO3)CC2)cc1. The molecular weight excluding hydrogens is 368 g/mol. The van der Waals surface area contributed by atoms with Gasteiger partial charge in [0.2, 0.25) is 10.0 Å². The lowest BCUT2D eigenvalue weighted by Crippen LogP contribution is -2.50. The lowest BCUT2D eigenvalue weighted by atomic mass is 10.1. The predicted molar refractivity (Wildman–Crippen MR) is 101 cm³/mol. The Morgan fingerprint density at radius 3 is 2.44 bits per heavy atom. The van der Waals surface area contributed by atoms with Gasteiger partial charge in [-0.2, -0.15) is 4.31 Å². The number of piperazine rings is 1. The molecule has 1 atom stereocenters. The van der Waals surface area contributed by atoms with Gasteiger partial charge in [0.15, 0.2) is 0 Å². The third-order valence-electron chi connectivity index (χ3n) is 5.07. The normalized spacial score (nSPS) is 22.5. The molecule has 3 rings (SSSR count). The van der Waals surface area contributed by atoms with E-state index in [0.717, 1.165) is 26.0 Å². The van der Waals surface area contributed by atoms with Crippen LogP contribution in [-0.4, -0.2) is 75.6 Å². The molecule has 0 N–H and O–H groups in total. The molecule has 2 aliphatic heterocycles. The summed E-state index contributed by atoms with van der Waals surface area (Å²) in [6, 6.07) is 5.96. The minimum Gasteiger partial charge on any atom is -0.462 e. The summed E-state index contributed by atoms with van der Waals surface area (Å²) in [5.41, 5.74) is 0.355. The van der Waals surface area contributed by atoms with Crippen LogP contribution in [0.5, 0.6) is 0 Å². The standard InChI is InChI=1S/C19H28N2O5S/c1-2-25-19(22)16-6-8-18(9-7-16)27(23,24)21-12-10-20(11-13-21)15-17-5-3-4-14-26-17/h6-9,17H,2-5,10-15H2,1H3/t17-/m1/s1. The second-order valence-electron chi connectivity index (χ2n) is 6.94. The highest BCUT2D eigenvalue weighted by molar-refractivity contribution is 7.89. The highest BCUT2D eigenvalue weighted by atomic mass is 32.2. The largest absolute Gasteiger partial charge is 0.462 e. The minimum absolute atomic E-state index is 0.208. The van der Waals surface area contributed by atoms with Crippen molar-refractivity contribution in [3.8, 4) is 0 Å². The van der Waals surface area contributed by atoms with Crippen LogP contribution in [0.3, 0.4) is 0 Å². The van der Waals surface area contributed by atoms with Gasteiger partial charge in [-0.15, -0.1) is 0 Å². The summed E-state index contributed by atoms with van der Waals surface area (Å²) < 4.78 is 37.9. The molecule has 0 unspecified atom stereocenters. The summed E-state index contributed by atoms with van der Waals surface area (Å²) in [4.78, 5) is 14.2. The van der Waals surface area contributed by atoms with Crippen molar-refractivity contribution in [2.24, 2.45) is 0 Å². The highest BCUT2D eigenvalue weighted by Gasteiger charge is 2.29. The van der Waals surface area contributed by atoms with Crippen LogP contribution in [0.25, 0.3) is 0 Å². The zero-order valence-corrected chi connectivity index (χ0v) is 16.6. The Kier molecular flexibility index (Phi) is 6.86. The number of benzene rings is 1. The molecule has 0 radical (unpaired) electrons. The van der Waals surface area contributed by atoms with Gasteiger partial charge in [-0.3, -0.25) is 4.90 Å². The molecule has 2 aliphatic rings. The third kappa shape index (κ3) is 5.07. The van der Waals surface area contributed by atoms with E-state index < -0.39 is 16.0 Å². The van der Waals surface area contributed by atoms with Gasteiger partial charge < -0.3 is 9.47 Å². The number of carbonyl (C=O) groups is 1. The first kappa shape index (κ1) is 20.3. The molecule has 0 aromatic heterocycles. The van der Waals surface area contributed by atoms with Crippen LogP contribution in [0.4, 0.5) is 0 Å². The van der Waals surface area contributed by atoms with Crippen LogP contribution in [0.2, 0.25) is 0 Å². The fourth-order valence-electron chi connectivity index (χ4n) is 3.52. The fourth-order valence-corrected chi connectivity index (χ4v) is 4.94. The number of carbonyl (C=O) groups excluding carboxylic acids is 1. The molecule has 27 heavy (non-hydrogen) atoms. The van der Waals surface area contributed by atoms with Crippen molar-refractivity contribution in [1.82, 2.24) is 9.21 Å². The molecular formula is C19H28N2O5S. The molecule has 0 saturated carbocycles. The van der Waals surface area contributed by atoms with E-state index in [1.807, 2.05) is 0 Å². The molecule has 7 nitrogen and oxygen atoms in total. The number of hydrogen-bond donors (Lipinski definition) is 0. The Morgan fingerprint density at radius 2 is 1.85 bits per heavy atom. The number of hydrogen-bond acceptors (Lipinski definition) is 6. The number of rotatable bonds is 6. The van der Waals surface area contributed by atoms with Gasteiger partial charge in [0, 0.05) is 39.3 Å². The lowest BCUT2D eigenvalue weighted by Gasteiger charge is -2.36. The van der Waals surface area contributed by atoms with Crippen molar-refractivity contribution in [2.75, 3.05) is 45.9 Å². The first-order valence-electron chi connectivity index (χ1n) is 9.62. The van der Waals surface area contributed by atoms with E-state index in [-0.39, 0.29) is 17.6 Å². The summed E-state index contributed by atoms with van der Waals surface area (Å²) in [5.74, 6) is -0.444. The maximum absolute atomic E-state index is 12.9. The van der Waals surface area contributed by atoms with Crippen molar-refractivity contribution in [3.05, 3.63) is 29.8 Å². The summed E-state index contributed by atoms with van der Waals surface area (Å²) in [7, 11) is -3.55. The van der Waals surface area contributed by atoms with E-state index in [1.165, 1.54) is 35.0 Å². The first-order valence-corrected chi connectivity index (χ1v) is 11.1. The molecule has 150 valence electrons. The second kappa shape index (κ2) is 9.14. The lowest BCUT2D eigenvalue weighted by molar-refractivity contribution is -0.0103. The maximum Gasteiger partial charge on any atom is 0.338 e. The quantitative estimate of drug-likeness (QED) is 0.682. The smallest absolute Gasteiger partial charge is 0.338 e. The van der Waals surface area contributed by atoms with Gasteiger partial charge in [-0.25, -0.2) is 13.2 Å². The Labute approximate surface area is 161 Å². The zero-order chi connectivity index (χ0) is 19.3. The van der Waals surface area contributed by atoms with E-state index in [4.69, 9.17) is 9.47 Å². The van der Waals surface area contributed by atoms with Crippen LogP contribution >= 0.6 is 0 Å². The summed E-state index contributed by atoms with van der Waals surface area (Å²) in [5, 5.41) is 0. The molecule has 2 heterocycles. The minimum atomic E-state index is -3.55. The number of sulfonamides is 1. The topological polar surface area (TPSA) is 76.2 Å². The Bertz CT molecular complexity index is 721. The monoisotopic (exact) mass is 396 g/mol. The van der Waals surface area contributed by atoms with Crippen molar-refractivity contribution < 1.29 is 22.7 Å². The molecule has 0 amide bonds. The summed E-state index contributed by atoms with van der Waals surface area (Å²) in [6.45, 7) is 6.08. The molecule has 1 aromatic carbocycles. The van der Waals surface area contributed by atoms with Crippen LogP contribution in [0, 0.1) is 0 Å². The average Bonchev–Trinajstić information content (AvgIpc) is 2.69. The van der Waals surface area contributed by atoms with E-state index in [2.05, 4.69) is 4.90 Å². The van der Waals surface area contributed by atoms with Gasteiger partial charge >= 0.3 is 5.97 Å². The molecule has 0 spiro atoms. The summed E-state index contributed by atoms with van der Waals surface area (Å²) in [6.07, 6.45) is 3.71. The predicted octanol–water partition coefficient (Wildman–Crippen LogP) is 1.74. The zero-order valence-electron chi connectivity index (χ0n) is 15.8. The van der Waals surface area contributed by atoms with Crippen molar-refractivity contribution >= 4 is 16.0 Å². The summed E-state index contributed by atoms with van der Waals surface area (Å²) >= 11 is 0. The number of esters is 1. The third-order valence-corrected chi connectivity index (χ3v) is 6.98. The van der Waals surface area contributed by atoms with Crippen molar-refractivity contribution in [1.29, 1.82) is 0 Å². The number of ether oxygens (including phenoxy) is 2. The number of nitrogens with zero attached hydrogens (tertiary/aromatic N) is 2. The van der Waals surface area contributed by atoms with E-state index in [0.29, 0.717) is 31.7 Å². The van der Waals surface area contributed by atoms with Crippen molar-refractivity contribution in [2.45, 2.75) is 37.2 Å². The van der Waals surface area contributed by atoms with Crippen molar-refractivity contribution in [3.63, 3.8) is 0 Å². The van der Waals surface area contributed by atoms with Crippen LogP contribution in [0.15, 0.2) is 29.2 Å². The average molecular weight is 397 g/mol. The fraction of sp³-hybridized carbons (Fsp3) is 0.632. The van der Waals surface area contributed by atoms with Gasteiger partial charge in [-0.05, 0) is 50.5 Å². The van der Waals surface area contributed by atoms with Crippen LogP contribution < -0.4 is 0 Å². The van der Waals surface area contributed by atoms with Gasteiger partial charge in [0.05, 0.1) is 23.2 Å². The van der Waals surface area contributed by atoms with E-state index >= 15 is 0 Å². The molecule has 1 aromatic rings. The molecule has 2 saturated heterocycles. The van der Waals surface area contributed by atoms with Gasteiger partial charge in [-0.1, -0.05) is 0 Å². The molecule has 2 fully saturated rings. The Balaban J connectivity index is 1.57. The van der Waals surface area contributed by atoms with Gasteiger partial charge in [0.1, 0.15) is 0 Å². The Hall–Kier alpha value is -1.48. The second-order valence-corrected chi connectivity index (χ2v) is 8.88. The molecule has 0 bridgehead atoms. The molecule has 0 aliphatic carbocycles. The van der Waals surface area contributed by atoms with Crippen LogP contribution in [0.1, 0.15) is 36.5 Å². The van der Waals surface area contributed by atoms with Gasteiger partial charge in [0.25, 0.3) is 0 Å². The van der Waals surface area contributed by atoms with E-state index in [1.54, 1.807) is 6.92 Å². The molecule has 8 heteroatoms. The maximum atomic E-state index is 12.9. The highest BCUT2D eigenvalue weighted by Crippen LogP contribution is 2.20. The first-order chi connectivity index (χ1) is 13.0. The van der Waals surface area contributed by atoms with Crippen LogP contribution in [-0.2, 0) is 19.5 Å². The Morgan fingerprint density at radius 1 is 1.15 bits per heavy atom.